The molecule has 2 aromatic carbocycles. The molecule has 1 amide bonds. The summed E-state index contributed by atoms with van der Waals surface area (Å²) in [7, 11) is 3.11. The zero-order chi connectivity index (χ0) is 17.8. The zero-order valence-electron chi connectivity index (χ0n) is 14.0. The van der Waals surface area contributed by atoms with E-state index in [0.29, 0.717) is 17.7 Å². The number of hydrogen-bond acceptors (Lipinski definition) is 3. The second kappa shape index (κ2) is 7.17. The molecule has 3 aromatic rings. The van der Waals surface area contributed by atoms with E-state index in [2.05, 4.69) is 4.98 Å². The average Bonchev–Trinajstić information content (AvgIpc) is 3.16. The molecule has 0 radical (unpaired) electrons. The lowest BCUT2D eigenvalue weighted by molar-refractivity contribution is 0.0785. The highest BCUT2D eigenvalue weighted by Crippen LogP contribution is 2.19. The number of rotatable bonds is 5. The van der Waals surface area contributed by atoms with Crippen molar-refractivity contribution in [2.45, 2.75) is 6.54 Å². The molecule has 0 aliphatic rings. The van der Waals surface area contributed by atoms with Gasteiger partial charge in [-0.3, -0.25) is 4.79 Å². The van der Waals surface area contributed by atoms with Gasteiger partial charge in [-0.1, -0.05) is 6.07 Å². The molecule has 0 atom stereocenters. The third-order valence-corrected chi connectivity index (χ3v) is 3.90. The van der Waals surface area contributed by atoms with Gasteiger partial charge in [0.1, 0.15) is 0 Å². The largest absolute Gasteiger partial charge is 0.494 e. The Hall–Kier alpha value is -3.15. The summed E-state index contributed by atoms with van der Waals surface area (Å²) in [6.45, 7) is 0.309. The minimum absolute atomic E-state index is 0.131. The molecule has 25 heavy (non-hydrogen) atoms. The first-order chi connectivity index (χ1) is 12.1. The zero-order valence-corrected chi connectivity index (χ0v) is 14.0. The molecule has 0 saturated heterocycles. The molecule has 128 valence electrons. The van der Waals surface area contributed by atoms with E-state index >= 15 is 0 Å². The third kappa shape index (κ3) is 3.68. The van der Waals surface area contributed by atoms with E-state index in [0.717, 1.165) is 5.69 Å². The van der Waals surface area contributed by atoms with Crippen molar-refractivity contribution in [3.8, 4) is 11.4 Å². The molecule has 0 aliphatic carbocycles. The molecule has 0 spiro atoms. The highest BCUT2D eigenvalue weighted by Gasteiger charge is 2.13. The fourth-order valence-electron chi connectivity index (χ4n) is 2.56. The Morgan fingerprint density at radius 2 is 2.00 bits per heavy atom. The summed E-state index contributed by atoms with van der Waals surface area (Å²) in [4.78, 5) is 18.1. The van der Waals surface area contributed by atoms with Crippen molar-refractivity contribution in [3.63, 3.8) is 0 Å². The van der Waals surface area contributed by atoms with Crippen molar-refractivity contribution < 1.29 is 13.9 Å². The van der Waals surface area contributed by atoms with E-state index in [1.54, 1.807) is 48.7 Å². The SMILES string of the molecule is COc1ccc(CN(C)C(=O)c2ccc(-n3ccnc3)cc2)cc1F. The minimum Gasteiger partial charge on any atom is -0.494 e. The molecule has 0 saturated carbocycles. The average molecular weight is 339 g/mol. The maximum absolute atomic E-state index is 13.8. The van der Waals surface area contributed by atoms with Crippen LogP contribution in [0.1, 0.15) is 15.9 Å². The molecular weight excluding hydrogens is 321 g/mol. The van der Waals surface area contributed by atoms with E-state index in [-0.39, 0.29) is 11.7 Å². The van der Waals surface area contributed by atoms with Crippen LogP contribution in [-0.4, -0.2) is 34.5 Å². The molecule has 0 bridgehead atoms. The number of halogens is 1. The van der Waals surface area contributed by atoms with Gasteiger partial charge in [-0.05, 0) is 42.0 Å². The number of ether oxygens (including phenoxy) is 1. The Morgan fingerprint density at radius 3 is 2.60 bits per heavy atom. The van der Waals surface area contributed by atoms with Crippen LogP contribution in [0, 0.1) is 5.82 Å². The Labute approximate surface area is 145 Å². The summed E-state index contributed by atoms with van der Waals surface area (Å²) in [5.41, 5.74) is 2.19. The predicted molar refractivity (Wildman–Crippen MR) is 92.3 cm³/mol. The Balaban J connectivity index is 1.70. The van der Waals surface area contributed by atoms with Gasteiger partial charge in [-0.15, -0.1) is 0 Å². The van der Waals surface area contributed by atoms with Gasteiger partial charge < -0.3 is 14.2 Å². The van der Waals surface area contributed by atoms with Crippen LogP contribution in [0.25, 0.3) is 5.69 Å². The van der Waals surface area contributed by atoms with Crippen molar-refractivity contribution in [2.75, 3.05) is 14.2 Å². The molecule has 0 N–H and O–H groups in total. The Morgan fingerprint density at radius 1 is 1.24 bits per heavy atom. The van der Waals surface area contributed by atoms with Crippen molar-refractivity contribution in [2.24, 2.45) is 0 Å². The number of carbonyl (C=O) groups excluding carboxylic acids is 1. The van der Waals surface area contributed by atoms with Crippen LogP contribution in [0.5, 0.6) is 5.75 Å². The van der Waals surface area contributed by atoms with Crippen LogP contribution in [0.2, 0.25) is 0 Å². The van der Waals surface area contributed by atoms with E-state index in [4.69, 9.17) is 4.74 Å². The number of amides is 1. The number of hydrogen-bond donors (Lipinski definition) is 0. The standard InChI is InChI=1S/C19H18FN3O2/c1-22(12-14-3-8-18(25-2)17(20)11-14)19(24)15-4-6-16(7-5-15)23-10-9-21-13-23/h3-11,13H,12H2,1-2H3. The number of methoxy groups -OCH3 is 1. The van der Waals surface area contributed by atoms with Gasteiger partial charge in [-0.25, -0.2) is 9.37 Å². The first-order valence-electron chi connectivity index (χ1n) is 7.75. The number of aromatic nitrogens is 2. The van der Waals surface area contributed by atoms with Gasteiger partial charge in [0, 0.05) is 37.2 Å². The van der Waals surface area contributed by atoms with Gasteiger partial charge in [0.05, 0.1) is 13.4 Å². The molecular formula is C19H18FN3O2. The summed E-state index contributed by atoms with van der Waals surface area (Å²) >= 11 is 0. The maximum Gasteiger partial charge on any atom is 0.253 e. The molecule has 1 aromatic heterocycles. The van der Waals surface area contributed by atoms with Crippen molar-refractivity contribution in [1.29, 1.82) is 0 Å². The van der Waals surface area contributed by atoms with Crippen LogP contribution >= 0.6 is 0 Å². The molecule has 6 heteroatoms. The minimum atomic E-state index is -0.439. The van der Waals surface area contributed by atoms with E-state index < -0.39 is 5.82 Å². The van der Waals surface area contributed by atoms with Crippen LogP contribution in [0.15, 0.2) is 61.2 Å². The highest BCUT2D eigenvalue weighted by molar-refractivity contribution is 5.94. The fraction of sp³-hybridized carbons (Fsp3) is 0.158. The number of nitrogens with zero attached hydrogens (tertiary/aromatic N) is 3. The van der Waals surface area contributed by atoms with Crippen LogP contribution in [0.4, 0.5) is 4.39 Å². The summed E-state index contributed by atoms with van der Waals surface area (Å²) in [5.74, 6) is -0.383. The number of benzene rings is 2. The first-order valence-corrected chi connectivity index (χ1v) is 7.75. The summed E-state index contributed by atoms with van der Waals surface area (Å²) in [5, 5.41) is 0. The second-order valence-electron chi connectivity index (χ2n) is 5.65. The second-order valence-corrected chi connectivity index (χ2v) is 5.65. The summed E-state index contributed by atoms with van der Waals surface area (Å²) in [6.07, 6.45) is 5.23. The van der Waals surface area contributed by atoms with Crippen LogP contribution in [0.3, 0.4) is 0 Å². The topological polar surface area (TPSA) is 47.4 Å². The fourth-order valence-corrected chi connectivity index (χ4v) is 2.56. The molecule has 0 fully saturated rings. The Bertz CT molecular complexity index is 861. The number of carbonyl (C=O) groups is 1. The van der Waals surface area contributed by atoms with Crippen LogP contribution in [-0.2, 0) is 6.54 Å². The summed E-state index contributed by atoms with van der Waals surface area (Å²) in [6, 6.07) is 11.9. The van der Waals surface area contributed by atoms with E-state index in [1.165, 1.54) is 13.2 Å². The number of imidazole rings is 1. The van der Waals surface area contributed by atoms with Crippen molar-refractivity contribution in [1.82, 2.24) is 14.5 Å². The Kier molecular flexibility index (Phi) is 4.79. The maximum atomic E-state index is 13.8. The third-order valence-electron chi connectivity index (χ3n) is 3.90. The van der Waals surface area contributed by atoms with Gasteiger partial charge in [0.2, 0.25) is 0 Å². The van der Waals surface area contributed by atoms with Gasteiger partial charge >= 0.3 is 0 Å². The van der Waals surface area contributed by atoms with Gasteiger partial charge in [0.15, 0.2) is 11.6 Å². The molecule has 0 unspecified atom stereocenters. The predicted octanol–water partition coefficient (Wildman–Crippen LogP) is 3.29. The molecule has 0 aliphatic heterocycles. The quantitative estimate of drug-likeness (QED) is 0.717. The normalized spacial score (nSPS) is 10.5. The van der Waals surface area contributed by atoms with Crippen molar-refractivity contribution in [3.05, 3.63) is 78.1 Å². The molecule has 1 heterocycles. The lowest BCUT2D eigenvalue weighted by Gasteiger charge is -2.18. The van der Waals surface area contributed by atoms with E-state index in [1.807, 2.05) is 22.9 Å². The van der Waals surface area contributed by atoms with Crippen molar-refractivity contribution >= 4 is 5.91 Å². The molecule has 3 rings (SSSR count). The lowest BCUT2D eigenvalue weighted by Crippen LogP contribution is -2.26. The van der Waals surface area contributed by atoms with E-state index in [9.17, 15) is 9.18 Å². The monoisotopic (exact) mass is 339 g/mol. The lowest BCUT2D eigenvalue weighted by atomic mass is 10.1. The molecule has 5 nitrogen and oxygen atoms in total. The van der Waals surface area contributed by atoms with Gasteiger partial charge in [0.25, 0.3) is 5.91 Å². The smallest absolute Gasteiger partial charge is 0.253 e. The van der Waals surface area contributed by atoms with Gasteiger partial charge in [-0.2, -0.15) is 0 Å². The highest BCUT2D eigenvalue weighted by atomic mass is 19.1. The first kappa shape index (κ1) is 16.7. The van der Waals surface area contributed by atoms with Crippen LogP contribution < -0.4 is 4.74 Å². The summed E-state index contributed by atoms with van der Waals surface area (Å²) < 4.78 is 20.5.